The van der Waals surface area contributed by atoms with E-state index < -0.39 is 16.1 Å². The van der Waals surface area contributed by atoms with Crippen LogP contribution >= 0.6 is 0 Å². The van der Waals surface area contributed by atoms with Gasteiger partial charge in [-0.25, -0.2) is 8.42 Å². The summed E-state index contributed by atoms with van der Waals surface area (Å²) in [7, 11) is -3.63. The van der Waals surface area contributed by atoms with Gasteiger partial charge in [0.1, 0.15) is 6.04 Å². The van der Waals surface area contributed by atoms with Crippen molar-refractivity contribution in [1.29, 1.82) is 0 Å². The van der Waals surface area contributed by atoms with E-state index >= 15 is 0 Å². The summed E-state index contributed by atoms with van der Waals surface area (Å²) >= 11 is 0. The second-order valence-electron chi connectivity index (χ2n) is 7.34. The van der Waals surface area contributed by atoms with Crippen molar-refractivity contribution >= 4 is 10.0 Å². The first-order chi connectivity index (χ1) is 13.4. The molecule has 1 fully saturated rings. The van der Waals surface area contributed by atoms with Gasteiger partial charge in [0.25, 0.3) is 0 Å². The maximum absolute atomic E-state index is 13.2. The SMILES string of the molecule is Cc1ccc(-c2noc([C@@H]3CCCN3S(=O)(=O)c3ccc(C)c(C)c3)n2)cc1. The van der Waals surface area contributed by atoms with E-state index in [9.17, 15) is 8.42 Å². The second kappa shape index (κ2) is 7.14. The molecule has 2 aromatic carbocycles. The van der Waals surface area contributed by atoms with Gasteiger partial charge in [-0.15, -0.1) is 0 Å². The van der Waals surface area contributed by atoms with Gasteiger partial charge in [0.05, 0.1) is 4.90 Å². The minimum absolute atomic E-state index is 0.306. The number of hydrogen-bond donors (Lipinski definition) is 0. The van der Waals surface area contributed by atoms with E-state index in [2.05, 4.69) is 10.1 Å². The Kier molecular flexibility index (Phi) is 4.81. The molecule has 0 bridgehead atoms. The van der Waals surface area contributed by atoms with Crippen molar-refractivity contribution in [2.75, 3.05) is 6.54 Å². The van der Waals surface area contributed by atoms with Crippen molar-refractivity contribution in [3.63, 3.8) is 0 Å². The van der Waals surface area contributed by atoms with Crippen LogP contribution in [-0.2, 0) is 10.0 Å². The first-order valence-electron chi connectivity index (χ1n) is 9.36. The Morgan fingerprint density at radius 3 is 2.50 bits per heavy atom. The molecule has 4 rings (SSSR count). The number of aromatic nitrogens is 2. The van der Waals surface area contributed by atoms with Gasteiger partial charge in [-0.1, -0.05) is 41.1 Å². The second-order valence-corrected chi connectivity index (χ2v) is 9.23. The van der Waals surface area contributed by atoms with Crippen LogP contribution in [0.2, 0.25) is 0 Å². The molecule has 1 atom stereocenters. The molecule has 1 aliphatic heterocycles. The Bertz CT molecular complexity index is 1100. The van der Waals surface area contributed by atoms with E-state index in [0.717, 1.165) is 28.7 Å². The van der Waals surface area contributed by atoms with E-state index in [4.69, 9.17) is 4.52 Å². The zero-order valence-corrected chi connectivity index (χ0v) is 17.0. The third-order valence-corrected chi connectivity index (χ3v) is 7.23. The van der Waals surface area contributed by atoms with Crippen LogP contribution in [0, 0.1) is 20.8 Å². The van der Waals surface area contributed by atoms with Gasteiger partial charge < -0.3 is 4.52 Å². The molecule has 0 spiro atoms. The molecule has 1 aliphatic rings. The summed E-state index contributed by atoms with van der Waals surface area (Å²) in [6.45, 7) is 6.35. The molecule has 0 amide bonds. The van der Waals surface area contributed by atoms with Gasteiger partial charge in [-0.05, 0) is 56.9 Å². The fourth-order valence-electron chi connectivity index (χ4n) is 3.47. The average molecular weight is 398 g/mol. The smallest absolute Gasteiger partial charge is 0.245 e. The molecule has 0 N–H and O–H groups in total. The number of benzene rings is 2. The van der Waals surface area contributed by atoms with Crippen LogP contribution in [0.1, 0.15) is 41.5 Å². The molecular formula is C21H23N3O3S. The molecule has 146 valence electrons. The van der Waals surface area contributed by atoms with Crippen molar-refractivity contribution < 1.29 is 12.9 Å². The molecule has 28 heavy (non-hydrogen) atoms. The summed E-state index contributed by atoms with van der Waals surface area (Å²) in [6.07, 6.45) is 1.43. The summed E-state index contributed by atoms with van der Waals surface area (Å²) in [6, 6.07) is 12.6. The Morgan fingerprint density at radius 1 is 1.04 bits per heavy atom. The number of aryl methyl sites for hydroxylation is 3. The molecular weight excluding hydrogens is 374 g/mol. The van der Waals surface area contributed by atoms with Crippen LogP contribution < -0.4 is 0 Å². The first-order valence-corrected chi connectivity index (χ1v) is 10.8. The van der Waals surface area contributed by atoms with Gasteiger partial charge in [0.15, 0.2) is 0 Å². The van der Waals surface area contributed by atoms with Crippen molar-refractivity contribution in [3.05, 3.63) is 65.0 Å². The molecule has 3 aromatic rings. The summed E-state index contributed by atoms with van der Waals surface area (Å²) in [4.78, 5) is 4.80. The minimum atomic E-state index is -3.63. The van der Waals surface area contributed by atoms with Crippen LogP contribution in [0.15, 0.2) is 51.9 Å². The van der Waals surface area contributed by atoms with Gasteiger partial charge in [0.2, 0.25) is 21.7 Å². The van der Waals surface area contributed by atoms with Crippen molar-refractivity contribution in [3.8, 4) is 11.4 Å². The minimum Gasteiger partial charge on any atom is -0.337 e. The summed E-state index contributed by atoms with van der Waals surface area (Å²) in [5.74, 6) is 0.825. The predicted molar refractivity (Wildman–Crippen MR) is 106 cm³/mol. The number of hydrogen-bond acceptors (Lipinski definition) is 5. The molecule has 1 aromatic heterocycles. The average Bonchev–Trinajstić information content (AvgIpc) is 3.33. The fraction of sp³-hybridized carbons (Fsp3) is 0.333. The number of rotatable bonds is 4. The number of sulfonamides is 1. The highest BCUT2D eigenvalue weighted by Crippen LogP contribution is 2.36. The van der Waals surface area contributed by atoms with E-state index in [0.29, 0.717) is 29.6 Å². The summed E-state index contributed by atoms with van der Waals surface area (Å²) < 4.78 is 33.4. The Labute approximate surface area is 165 Å². The van der Waals surface area contributed by atoms with E-state index in [1.165, 1.54) is 4.31 Å². The van der Waals surface area contributed by atoms with Crippen LogP contribution in [-0.4, -0.2) is 29.4 Å². The fourth-order valence-corrected chi connectivity index (χ4v) is 5.21. The third kappa shape index (κ3) is 3.36. The molecule has 6 nitrogen and oxygen atoms in total. The lowest BCUT2D eigenvalue weighted by Crippen LogP contribution is -2.31. The van der Waals surface area contributed by atoms with Crippen LogP contribution in [0.5, 0.6) is 0 Å². The highest BCUT2D eigenvalue weighted by molar-refractivity contribution is 7.89. The van der Waals surface area contributed by atoms with Gasteiger partial charge in [-0.2, -0.15) is 9.29 Å². The van der Waals surface area contributed by atoms with Crippen LogP contribution in [0.4, 0.5) is 0 Å². The highest BCUT2D eigenvalue weighted by Gasteiger charge is 2.39. The monoisotopic (exact) mass is 397 g/mol. The maximum atomic E-state index is 13.2. The summed E-state index contributed by atoms with van der Waals surface area (Å²) in [5.41, 5.74) is 4.02. The lowest BCUT2D eigenvalue weighted by molar-refractivity contribution is 0.290. The van der Waals surface area contributed by atoms with E-state index in [1.54, 1.807) is 12.1 Å². The van der Waals surface area contributed by atoms with Gasteiger partial charge >= 0.3 is 0 Å². The van der Waals surface area contributed by atoms with Crippen LogP contribution in [0.25, 0.3) is 11.4 Å². The molecule has 7 heteroatoms. The van der Waals surface area contributed by atoms with Crippen molar-refractivity contribution in [2.24, 2.45) is 0 Å². The lowest BCUT2D eigenvalue weighted by atomic mass is 10.1. The standard InChI is InChI=1S/C21H23N3O3S/c1-14-6-9-17(10-7-14)20-22-21(27-23-20)19-5-4-12-24(19)28(25,26)18-11-8-15(2)16(3)13-18/h6-11,13,19H,4-5,12H2,1-3H3/t19-/m0/s1. The zero-order valence-electron chi connectivity index (χ0n) is 16.2. The summed E-state index contributed by atoms with van der Waals surface area (Å²) in [5, 5.41) is 4.07. The molecule has 0 aliphatic carbocycles. The van der Waals surface area contributed by atoms with Crippen molar-refractivity contribution in [2.45, 2.75) is 44.6 Å². The largest absolute Gasteiger partial charge is 0.337 e. The predicted octanol–water partition coefficient (Wildman–Crippen LogP) is 4.19. The third-order valence-electron chi connectivity index (χ3n) is 5.33. The topological polar surface area (TPSA) is 76.3 Å². The molecule has 0 saturated carbocycles. The van der Waals surface area contributed by atoms with Gasteiger partial charge in [0, 0.05) is 12.1 Å². The normalized spacial score (nSPS) is 17.9. The number of nitrogens with zero attached hydrogens (tertiary/aromatic N) is 3. The highest BCUT2D eigenvalue weighted by atomic mass is 32.2. The Balaban J connectivity index is 1.65. The van der Waals surface area contributed by atoms with Crippen molar-refractivity contribution in [1.82, 2.24) is 14.4 Å². The van der Waals surface area contributed by atoms with Gasteiger partial charge in [-0.3, -0.25) is 0 Å². The zero-order chi connectivity index (χ0) is 19.9. The quantitative estimate of drug-likeness (QED) is 0.660. The Morgan fingerprint density at radius 2 is 1.79 bits per heavy atom. The van der Waals surface area contributed by atoms with E-state index in [1.807, 2.05) is 51.1 Å². The van der Waals surface area contributed by atoms with E-state index in [-0.39, 0.29) is 0 Å². The van der Waals surface area contributed by atoms with Crippen LogP contribution in [0.3, 0.4) is 0 Å². The first kappa shape index (κ1) is 18.8. The Hall–Kier alpha value is -2.51. The molecule has 0 unspecified atom stereocenters. The lowest BCUT2D eigenvalue weighted by Gasteiger charge is -2.21. The molecule has 0 radical (unpaired) electrons. The molecule has 1 saturated heterocycles. The molecule has 2 heterocycles. The maximum Gasteiger partial charge on any atom is 0.245 e.